The molecule has 0 aliphatic rings. The molecule has 14 heavy (non-hydrogen) atoms. The standard InChI is InChI=1S/C8H6BrF4N/c9-3-1-4(10)6(5(11)2-3)7(14)8(12)13/h1-2,7-8H,14H2/t7-/m1/s1. The first-order valence-corrected chi connectivity index (χ1v) is 4.41. The van der Waals surface area contributed by atoms with E-state index in [1.54, 1.807) is 0 Å². The Balaban J connectivity index is 3.20. The van der Waals surface area contributed by atoms with Gasteiger partial charge in [-0.25, -0.2) is 17.6 Å². The Morgan fingerprint density at radius 1 is 1.14 bits per heavy atom. The predicted octanol–water partition coefficient (Wildman–Crippen LogP) is 2.99. The van der Waals surface area contributed by atoms with Gasteiger partial charge in [0, 0.05) is 10.0 Å². The topological polar surface area (TPSA) is 26.0 Å². The van der Waals surface area contributed by atoms with E-state index in [-0.39, 0.29) is 4.47 Å². The lowest BCUT2D eigenvalue weighted by Crippen LogP contribution is -2.21. The van der Waals surface area contributed by atoms with Crippen molar-refractivity contribution in [3.05, 3.63) is 33.8 Å². The molecule has 1 rings (SSSR count). The van der Waals surface area contributed by atoms with Gasteiger partial charge in [0.25, 0.3) is 6.43 Å². The van der Waals surface area contributed by atoms with Gasteiger partial charge in [-0.05, 0) is 12.1 Å². The summed E-state index contributed by atoms with van der Waals surface area (Å²) in [4.78, 5) is 0. The maximum Gasteiger partial charge on any atom is 0.257 e. The molecule has 1 nitrogen and oxygen atoms in total. The highest BCUT2D eigenvalue weighted by atomic mass is 79.9. The summed E-state index contributed by atoms with van der Waals surface area (Å²) in [6, 6.07) is -0.163. The van der Waals surface area contributed by atoms with Gasteiger partial charge in [0.2, 0.25) is 0 Å². The Labute approximate surface area is 86.0 Å². The van der Waals surface area contributed by atoms with Gasteiger partial charge < -0.3 is 5.73 Å². The predicted molar refractivity (Wildman–Crippen MR) is 47.0 cm³/mol. The van der Waals surface area contributed by atoms with Crippen LogP contribution in [-0.2, 0) is 0 Å². The summed E-state index contributed by atoms with van der Waals surface area (Å²) in [5.41, 5.74) is 4.16. The molecular weight excluding hydrogens is 266 g/mol. The second-order valence-corrected chi connectivity index (χ2v) is 3.56. The minimum atomic E-state index is -3.00. The summed E-state index contributed by atoms with van der Waals surface area (Å²) in [5, 5.41) is 0. The number of rotatable bonds is 2. The zero-order valence-corrected chi connectivity index (χ0v) is 8.36. The van der Waals surface area contributed by atoms with Crippen LogP contribution in [0.15, 0.2) is 16.6 Å². The molecule has 2 N–H and O–H groups in total. The van der Waals surface area contributed by atoms with Crippen LogP contribution in [0.2, 0.25) is 0 Å². The van der Waals surface area contributed by atoms with Crippen LogP contribution in [0, 0.1) is 11.6 Å². The largest absolute Gasteiger partial charge is 0.319 e. The lowest BCUT2D eigenvalue weighted by atomic mass is 10.1. The van der Waals surface area contributed by atoms with Crippen molar-refractivity contribution in [1.82, 2.24) is 0 Å². The average molecular weight is 272 g/mol. The fourth-order valence-corrected chi connectivity index (χ4v) is 1.40. The van der Waals surface area contributed by atoms with Crippen molar-refractivity contribution in [2.45, 2.75) is 12.5 Å². The molecule has 0 fully saturated rings. The Hall–Kier alpha value is -0.620. The van der Waals surface area contributed by atoms with Crippen LogP contribution in [-0.4, -0.2) is 6.43 Å². The van der Waals surface area contributed by atoms with Gasteiger partial charge in [-0.2, -0.15) is 0 Å². The van der Waals surface area contributed by atoms with Crippen LogP contribution in [0.25, 0.3) is 0 Å². The fourth-order valence-electron chi connectivity index (χ4n) is 0.998. The molecule has 1 aromatic carbocycles. The van der Waals surface area contributed by atoms with Crippen LogP contribution < -0.4 is 5.73 Å². The average Bonchev–Trinajstić information content (AvgIpc) is 2.01. The van der Waals surface area contributed by atoms with E-state index in [0.29, 0.717) is 0 Å². The normalized spacial score (nSPS) is 13.4. The SMILES string of the molecule is N[C@H](c1c(F)cc(Br)cc1F)C(F)F. The first kappa shape index (κ1) is 11.5. The molecule has 0 saturated carbocycles. The summed E-state index contributed by atoms with van der Waals surface area (Å²) >= 11 is 2.82. The first-order valence-electron chi connectivity index (χ1n) is 3.61. The summed E-state index contributed by atoms with van der Waals surface area (Å²) in [7, 11) is 0. The molecule has 0 spiro atoms. The van der Waals surface area contributed by atoms with Crippen molar-refractivity contribution >= 4 is 15.9 Å². The van der Waals surface area contributed by atoms with Gasteiger partial charge in [-0.15, -0.1) is 0 Å². The summed E-state index contributed by atoms with van der Waals surface area (Å²) in [6.07, 6.45) is -3.00. The zero-order chi connectivity index (χ0) is 10.9. The van der Waals surface area contributed by atoms with Crippen molar-refractivity contribution in [1.29, 1.82) is 0 Å². The molecule has 78 valence electrons. The van der Waals surface area contributed by atoms with Gasteiger partial charge in [0.1, 0.15) is 11.6 Å². The van der Waals surface area contributed by atoms with Crippen molar-refractivity contribution in [3.8, 4) is 0 Å². The Morgan fingerprint density at radius 3 is 1.93 bits per heavy atom. The number of nitrogens with two attached hydrogens (primary N) is 1. The number of benzene rings is 1. The Kier molecular flexibility index (Phi) is 3.49. The van der Waals surface area contributed by atoms with Crippen LogP contribution >= 0.6 is 15.9 Å². The molecule has 0 aromatic heterocycles. The van der Waals surface area contributed by atoms with Crippen LogP contribution in [0.4, 0.5) is 17.6 Å². The van der Waals surface area contributed by atoms with E-state index in [2.05, 4.69) is 15.9 Å². The molecule has 0 radical (unpaired) electrons. The van der Waals surface area contributed by atoms with Crippen molar-refractivity contribution < 1.29 is 17.6 Å². The molecule has 0 unspecified atom stereocenters. The lowest BCUT2D eigenvalue weighted by molar-refractivity contribution is 0.113. The highest BCUT2D eigenvalue weighted by Crippen LogP contribution is 2.26. The second-order valence-electron chi connectivity index (χ2n) is 2.64. The monoisotopic (exact) mass is 271 g/mol. The van der Waals surface area contributed by atoms with E-state index in [1.165, 1.54) is 0 Å². The van der Waals surface area contributed by atoms with Gasteiger partial charge >= 0.3 is 0 Å². The number of hydrogen-bond acceptors (Lipinski definition) is 1. The van der Waals surface area contributed by atoms with Crippen LogP contribution in [0.3, 0.4) is 0 Å². The van der Waals surface area contributed by atoms with Crippen molar-refractivity contribution in [3.63, 3.8) is 0 Å². The van der Waals surface area contributed by atoms with Gasteiger partial charge in [-0.1, -0.05) is 15.9 Å². The van der Waals surface area contributed by atoms with Crippen LogP contribution in [0.1, 0.15) is 11.6 Å². The molecule has 0 saturated heterocycles. The first-order chi connectivity index (χ1) is 6.43. The fraction of sp³-hybridized carbons (Fsp3) is 0.250. The third-order valence-corrected chi connectivity index (χ3v) is 2.11. The van der Waals surface area contributed by atoms with Gasteiger partial charge in [0.15, 0.2) is 0 Å². The quantitative estimate of drug-likeness (QED) is 0.823. The van der Waals surface area contributed by atoms with E-state index in [9.17, 15) is 17.6 Å². The number of halogens is 5. The molecule has 0 aliphatic heterocycles. The number of alkyl halides is 2. The summed E-state index contributed by atoms with van der Waals surface area (Å²) < 4.78 is 50.4. The Morgan fingerprint density at radius 2 is 1.57 bits per heavy atom. The molecular formula is C8H6BrF4N. The highest BCUT2D eigenvalue weighted by Gasteiger charge is 2.24. The molecule has 6 heteroatoms. The van der Waals surface area contributed by atoms with E-state index in [0.717, 1.165) is 12.1 Å². The van der Waals surface area contributed by atoms with Crippen molar-refractivity contribution in [2.75, 3.05) is 0 Å². The maximum atomic E-state index is 13.0. The molecule has 0 amide bonds. The third kappa shape index (κ3) is 2.24. The zero-order valence-electron chi connectivity index (χ0n) is 6.78. The smallest absolute Gasteiger partial charge is 0.257 e. The van der Waals surface area contributed by atoms with Gasteiger partial charge in [-0.3, -0.25) is 0 Å². The van der Waals surface area contributed by atoms with E-state index in [4.69, 9.17) is 5.73 Å². The number of hydrogen-bond donors (Lipinski definition) is 1. The molecule has 1 atom stereocenters. The van der Waals surface area contributed by atoms with E-state index in [1.807, 2.05) is 0 Å². The molecule has 0 heterocycles. The maximum absolute atomic E-state index is 13.0. The summed E-state index contributed by atoms with van der Waals surface area (Å²) in [5.74, 6) is -2.16. The minimum Gasteiger partial charge on any atom is -0.319 e. The second kappa shape index (κ2) is 4.27. The van der Waals surface area contributed by atoms with E-state index >= 15 is 0 Å². The highest BCUT2D eigenvalue weighted by molar-refractivity contribution is 9.10. The van der Waals surface area contributed by atoms with Crippen LogP contribution in [0.5, 0.6) is 0 Å². The Bertz CT molecular complexity index is 319. The molecule has 1 aromatic rings. The summed E-state index contributed by atoms with van der Waals surface area (Å²) in [6.45, 7) is 0. The van der Waals surface area contributed by atoms with Crippen molar-refractivity contribution in [2.24, 2.45) is 5.73 Å². The van der Waals surface area contributed by atoms with E-state index < -0.39 is 29.7 Å². The van der Waals surface area contributed by atoms with Gasteiger partial charge in [0.05, 0.1) is 6.04 Å². The molecule has 0 bridgehead atoms. The lowest BCUT2D eigenvalue weighted by Gasteiger charge is -2.12. The third-order valence-electron chi connectivity index (χ3n) is 1.65. The minimum absolute atomic E-state index is 0.137. The molecule has 0 aliphatic carbocycles.